The third-order valence-corrected chi connectivity index (χ3v) is 3.64. The molecule has 0 spiro atoms. The zero-order chi connectivity index (χ0) is 14.5. The molecule has 0 saturated carbocycles. The molecular formula is C17H22N2O. The molecule has 0 unspecified atom stereocenters. The van der Waals surface area contributed by atoms with Crippen molar-refractivity contribution in [1.82, 2.24) is 4.90 Å². The van der Waals surface area contributed by atoms with E-state index in [1.54, 1.807) is 0 Å². The smallest absolute Gasteiger partial charge is 0.324 e. The number of hydrogen-bond acceptors (Lipinski definition) is 1. The maximum absolute atomic E-state index is 12.6. The van der Waals surface area contributed by atoms with Crippen molar-refractivity contribution >= 4 is 22.5 Å². The third-order valence-electron chi connectivity index (χ3n) is 3.64. The summed E-state index contributed by atoms with van der Waals surface area (Å²) in [5.74, 6) is 0. The Morgan fingerprint density at radius 1 is 0.900 bits per heavy atom. The van der Waals surface area contributed by atoms with Crippen LogP contribution in [0.25, 0.3) is 10.8 Å². The van der Waals surface area contributed by atoms with Gasteiger partial charge in [-0.15, -0.1) is 0 Å². The van der Waals surface area contributed by atoms with Gasteiger partial charge >= 0.3 is 6.03 Å². The average Bonchev–Trinajstić information content (AvgIpc) is 2.49. The fourth-order valence-corrected chi connectivity index (χ4v) is 2.52. The molecule has 0 saturated heterocycles. The predicted molar refractivity (Wildman–Crippen MR) is 85.3 cm³/mol. The molecule has 106 valence electrons. The predicted octanol–water partition coefficient (Wildman–Crippen LogP) is 4.13. The molecule has 0 aliphatic rings. The fourth-order valence-electron chi connectivity index (χ4n) is 2.52. The van der Waals surface area contributed by atoms with Gasteiger partial charge in [-0.2, -0.15) is 0 Å². The molecule has 3 nitrogen and oxygen atoms in total. The Morgan fingerprint density at radius 2 is 1.55 bits per heavy atom. The van der Waals surface area contributed by atoms with Crippen LogP contribution in [0.1, 0.15) is 20.8 Å². The van der Waals surface area contributed by atoms with Crippen LogP contribution >= 0.6 is 0 Å². The van der Waals surface area contributed by atoms with E-state index in [9.17, 15) is 4.79 Å². The van der Waals surface area contributed by atoms with E-state index >= 15 is 0 Å². The minimum absolute atomic E-state index is 0.0776. The molecule has 0 atom stereocenters. The number of carbonyl (C=O) groups excluding carboxylic acids is 1. The van der Waals surface area contributed by atoms with Gasteiger partial charge in [0.15, 0.2) is 0 Å². The van der Waals surface area contributed by atoms with Gasteiger partial charge in [-0.3, -0.25) is 4.90 Å². The van der Waals surface area contributed by atoms with Crippen LogP contribution in [0.5, 0.6) is 0 Å². The van der Waals surface area contributed by atoms with E-state index in [4.69, 9.17) is 0 Å². The SMILES string of the molecule is CCN(CC)C(=O)N(CC)c1cccc2ccccc12. The summed E-state index contributed by atoms with van der Waals surface area (Å²) >= 11 is 0. The van der Waals surface area contributed by atoms with Gasteiger partial charge < -0.3 is 4.90 Å². The van der Waals surface area contributed by atoms with Crippen molar-refractivity contribution in [3.05, 3.63) is 42.5 Å². The number of benzene rings is 2. The Bertz CT molecular complexity index is 585. The van der Waals surface area contributed by atoms with Crippen LogP contribution in [0.2, 0.25) is 0 Å². The number of fused-ring (bicyclic) bond motifs is 1. The van der Waals surface area contributed by atoms with E-state index in [1.807, 2.05) is 54.8 Å². The van der Waals surface area contributed by atoms with E-state index < -0.39 is 0 Å². The highest BCUT2D eigenvalue weighted by atomic mass is 16.2. The van der Waals surface area contributed by atoms with Crippen molar-refractivity contribution in [2.45, 2.75) is 20.8 Å². The summed E-state index contributed by atoms with van der Waals surface area (Å²) in [5.41, 5.74) is 0.988. The maximum Gasteiger partial charge on any atom is 0.324 e. The van der Waals surface area contributed by atoms with Crippen molar-refractivity contribution in [1.29, 1.82) is 0 Å². The first-order chi connectivity index (χ1) is 9.72. The summed E-state index contributed by atoms with van der Waals surface area (Å²) in [4.78, 5) is 16.3. The Morgan fingerprint density at radius 3 is 2.20 bits per heavy atom. The normalized spacial score (nSPS) is 10.6. The first-order valence-corrected chi connectivity index (χ1v) is 7.27. The topological polar surface area (TPSA) is 23.6 Å². The Balaban J connectivity index is 2.47. The van der Waals surface area contributed by atoms with Crippen molar-refractivity contribution < 1.29 is 4.79 Å². The number of carbonyl (C=O) groups is 1. The van der Waals surface area contributed by atoms with Crippen LogP contribution in [0.15, 0.2) is 42.5 Å². The molecule has 0 bridgehead atoms. The lowest BCUT2D eigenvalue weighted by atomic mass is 10.1. The van der Waals surface area contributed by atoms with Crippen LogP contribution in [-0.4, -0.2) is 30.6 Å². The second kappa shape index (κ2) is 6.42. The molecule has 0 aromatic heterocycles. The minimum Gasteiger partial charge on any atom is -0.325 e. The highest BCUT2D eigenvalue weighted by molar-refractivity contribution is 6.03. The molecule has 0 heterocycles. The number of hydrogen-bond donors (Lipinski definition) is 0. The Labute approximate surface area is 120 Å². The van der Waals surface area contributed by atoms with Gasteiger partial charge in [0, 0.05) is 25.0 Å². The highest BCUT2D eigenvalue weighted by Crippen LogP contribution is 2.27. The average molecular weight is 270 g/mol. The molecule has 0 aliphatic heterocycles. The third kappa shape index (κ3) is 2.62. The number of urea groups is 1. The quantitative estimate of drug-likeness (QED) is 0.819. The largest absolute Gasteiger partial charge is 0.325 e. The summed E-state index contributed by atoms with van der Waals surface area (Å²) in [6.07, 6.45) is 0. The van der Waals surface area contributed by atoms with E-state index in [0.717, 1.165) is 29.5 Å². The maximum atomic E-state index is 12.6. The van der Waals surface area contributed by atoms with Crippen molar-refractivity contribution in [3.8, 4) is 0 Å². The number of nitrogens with zero attached hydrogens (tertiary/aromatic N) is 2. The van der Waals surface area contributed by atoms with Gasteiger partial charge in [0.25, 0.3) is 0 Å². The lowest BCUT2D eigenvalue weighted by Crippen LogP contribution is -2.43. The summed E-state index contributed by atoms with van der Waals surface area (Å²) in [5, 5.41) is 2.29. The number of amides is 2. The van der Waals surface area contributed by atoms with Gasteiger partial charge in [-0.05, 0) is 32.2 Å². The Kier molecular flexibility index (Phi) is 4.61. The first kappa shape index (κ1) is 14.4. The van der Waals surface area contributed by atoms with E-state index in [-0.39, 0.29) is 6.03 Å². The van der Waals surface area contributed by atoms with E-state index in [2.05, 4.69) is 18.2 Å². The molecule has 0 N–H and O–H groups in total. The van der Waals surface area contributed by atoms with Crippen molar-refractivity contribution in [3.63, 3.8) is 0 Å². The second-order valence-electron chi connectivity index (χ2n) is 4.70. The molecule has 0 aliphatic carbocycles. The number of anilines is 1. The standard InChI is InChI=1S/C17H22N2O/c1-4-18(5-2)17(20)19(6-3)16-13-9-11-14-10-7-8-12-15(14)16/h7-13H,4-6H2,1-3H3. The van der Waals surface area contributed by atoms with Gasteiger partial charge in [0.2, 0.25) is 0 Å². The van der Waals surface area contributed by atoms with Crippen LogP contribution in [0.4, 0.5) is 10.5 Å². The molecule has 2 aromatic rings. The van der Waals surface area contributed by atoms with Crippen LogP contribution in [0.3, 0.4) is 0 Å². The molecule has 2 aromatic carbocycles. The minimum atomic E-state index is 0.0776. The summed E-state index contributed by atoms with van der Waals surface area (Å²) in [6, 6.07) is 14.4. The van der Waals surface area contributed by atoms with E-state index in [1.165, 1.54) is 0 Å². The first-order valence-electron chi connectivity index (χ1n) is 7.27. The molecular weight excluding hydrogens is 248 g/mol. The lowest BCUT2D eigenvalue weighted by molar-refractivity contribution is 0.210. The summed E-state index contributed by atoms with van der Waals surface area (Å²) in [6.45, 7) is 8.18. The van der Waals surface area contributed by atoms with E-state index in [0.29, 0.717) is 6.54 Å². The zero-order valence-corrected chi connectivity index (χ0v) is 12.5. The molecule has 2 amide bonds. The van der Waals surface area contributed by atoms with Crippen LogP contribution in [-0.2, 0) is 0 Å². The lowest BCUT2D eigenvalue weighted by Gasteiger charge is -2.29. The highest BCUT2D eigenvalue weighted by Gasteiger charge is 2.20. The van der Waals surface area contributed by atoms with Crippen LogP contribution < -0.4 is 4.90 Å². The van der Waals surface area contributed by atoms with Crippen molar-refractivity contribution in [2.75, 3.05) is 24.5 Å². The second-order valence-corrected chi connectivity index (χ2v) is 4.70. The molecule has 2 rings (SSSR count). The van der Waals surface area contributed by atoms with Crippen LogP contribution in [0, 0.1) is 0 Å². The summed E-state index contributed by atoms with van der Waals surface area (Å²) in [7, 11) is 0. The fraction of sp³-hybridized carbons (Fsp3) is 0.353. The monoisotopic (exact) mass is 270 g/mol. The van der Waals surface area contributed by atoms with Gasteiger partial charge in [-0.25, -0.2) is 4.79 Å². The molecule has 0 fully saturated rings. The number of rotatable bonds is 4. The zero-order valence-electron chi connectivity index (χ0n) is 12.5. The molecule has 3 heteroatoms. The van der Waals surface area contributed by atoms with Crippen molar-refractivity contribution in [2.24, 2.45) is 0 Å². The molecule has 20 heavy (non-hydrogen) atoms. The summed E-state index contributed by atoms with van der Waals surface area (Å²) < 4.78 is 0. The Hall–Kier alpha value is -2.03. The van der Waals surface area contributed by atoms with Gasteiger partial charge in [-0.1, -0.05) is 36.4 Å². The molecule has 0 radical (unpaired) electrons. The van der Waals surface area contributed by atoms with Gasteiger partial charge in [0.1, 0.15) is 0 Å². The van der Waals surface area contributed by atoms with Gasteiger partial charge in [0.05, 0.1) is 5.69 Å².